The standard InChI is InChI=1S/C28H49NO4S/c1-4-5-6-7-8-9-10-11-12-13-14-15-16-17-24(30)21-26(31)29-25-20-23-18-19-28(25,27(23,2)3)22-34(29,32)33/h23,25H,4-22H2,1-3H3/t23?,25-,28?/m1/s1. The second-order valence-corrected chi connectivity index (χ2v) is 13.9. The lowest BCUT2D eigenvalue weighted by Gasteiger charge is -2.37. The van der Waals surface area contributed by atoms with Gasteiger partial charge in [0, 0.05) is 11.8 Å². The minimum Gasteiger partial charge on any atom is -0.299 e. The molecule has 1 heterocycles. The maximum Gasteiger partial charge on any atom is 0.243 e. The number of ketones is 1. The molecule has 2 saturated carbocycles. The molecule has 1 amide bonds. The van der Waals surface area contributed by atoms with Gasteiger partial charge in [0.15, 0.2) is 0 Å². The number of hydrogen-bond donors (Lipinski definition) is 0. The summed E-state index contributed by atoms with van der Waals surface area (Å²) in [5.74, 6) is -0.0335. The molecule has 1 aliphatic heterocycles. The first-order chi connectivity index (χ1) is 16.2. The first-order valence-corrected chi connectivity index (χ1v) is 15.8. The molecular formula is C28H49NO4S. The summed E-state index contributed by atoms with van der Waals surface area (Å²) in [6.45, 7) is 6.60. The number of sulfonamides is 1. The van der Waals surface area contributed by atoms with Crippen molar-refractivity contribution in [1.82, 2.24) is 4.31 Å². The van der Waals surface area contributed by atoms with Gasteiger partial charge in [0.1, 0.15) is 5.78 Å². The largest absolute Gasteiger partial charge is 0.299 e. The fraction of sp³-hybridized carbons (Fsp3) is 0.929. The second kappa shape index (κ2) is 11.9. The average molecular weight is 496 g/mol. The van der Waals surface area contributed by atoms with Crippen LogP contribution in [-0.2, 0) is 19.6 Å². The van der Waals surface area contributed by atoms with Gasteiger partial charge >= 0.3 is 0 Å². The lowest BCUT2D eigenvalue weighted by atomic mass is 9.69. The van der Waals surface area contributed by atoms with Gasteiger partial charge in [-0.3, -0.25) is 9.59 Å². The Morgan fingerprint density at radius 3 is 1.91 bits per heavy atom. The van der Waals surface area contributed by atoms with E-state index in [1.165, 1.54) is 64.2 Å². The van der Waals surface area contributed by atoms with Crippen molar-refractivity contribution in [3.63, 3.8) is 0 Å². The van der Waals surface area contributed by atoms with Gasteiger partial charge in [-0.2, -0.15) is 0 Å². The van der Waals surface area contributed by atoms with E-state index in [9.17, 15) is 18.0 Å². The maximum atomic E-state index is 13.0. The number of carbonyl (C=O) groups excluding carboxylic acids is 2. The molecule has 0 N–H and O–H groups in total. The van der Waals surface area contributed by atoms with Gasteiger partial charge in [-0.15, -0.1) is 0 Å². The molecule has 0 aromatic heterocycles. The third-order valence-corrected chi connectivity index (χ3v) is 11.5. The summed E-state index contributed by atoms with van der Waals surface area (Å²) in [6.07, 6.45) is 19.1. The molecule has 34 heavy (non-hydrogen) atoms. The summed E-state index contributed by atoms with van der Waals surface area (Å²) >= 11 is 0. The monoisotopic (exact) mass is 495 g/mol. The number of nitrogens with zero attached hydrogens (tertiary/aromatic N) is 1. The zero-order valence-electron chi connectivity index (χ0n) is 22.1. The van der Waals surface area contributed by atoms with E-state index >= 15 is 0 Å². The predicted molar refractivity (Wildman–Crippen MR) is 138 cm³/mol. The van der Waals surface area contributed by atoms with E-state index < -0.39 is 15.9 Å². The smallest absolute Gasteiger partial charge is 0.243 e. The van der Waals surface area contributed by atoms with Gasteiger partial charge in [-0.05, 0) is 37.0 Å². The van der Waals surface area contributed by atoms with Crippen LogP contribution >= 0.6 is 0 Å². The van der Waals surface area contributed by atoms with Crippen molar-refractivity contribution in [1.29, 1.82) is 0 Å². The highest BCUT2D eigenvalue weighted by Gasteiger charge is 2.72. The molecule has 3 aliphatic rings. The number of Topliss-reactive ketones (excluding diaryl/α,β-unsaturated/α-hetero) is 1. The Hall–Kier alpha value is -0.910. The minimum absolute atomic E-state index is 0.0571. The molecule has 2 aliphatic carbocycles. The van der Waals surface area contributed by atoms with Crippen molar-refractivity contribution < 1.29 is 18.0 Å². The van der Waals surface area contributed by atoms with Crippen molar-refractivity contribution in [3.8, 4) is 0 Å². The Bertz CT molecular complexity index is 805. The Morgan fingerprint density at radius 2 is 1.38 bits per heavy atom. The lowest BCUT2D eigenvalue weighted by molar-refractivity contribution is -0.133. The van der Waals surface area contributed by atoms with E-state index in [4.69, 9.17) is 0 Å². The van der Waals surface area contributed by atoms with Gasteiger partial charge in [0.2, 0.25) is 15.9 Å². The van der Waals surface area contributed by atoms with Crippen LogP contribution in [0.3, 0.4) is 0 Å². The van der Waals surface area contributed by atoms with Gasteiger partial charge in [-0.1, -0.05) is 97.8 Å². The van der Waals surface area contributed by atoms with Crippen LogP contribution in [0.15, 0.2) is 0 Å². The first-order valence-electron chi connectivity index (χ1n) is 14.2. The van der Waals surface area contributed by atoms with E-state index in [0.29, 0.717) is 12.3 Å². The van der Waals surface area contributed by atoms with Crippen molar-refractivity contribution in [3.05, 3.63) is 0 Å². The van der Waals surface area contributed by atoms with Crippen LogP contribution in [0.2, 0.25) is 0 Å². The molecule has 2 bridgehead atoms. The normalized spacial score (nSPS) is 28.4. The third-order valence-electron chi connectivity index (χ3n) is 9.56. The van der Waals surface area contributed by atoms with E-state index in [1.807, 2.05) is 0 Å². The molecule has 1 saturated heterocycles. The fourth-order valence-corrected chi connectivity index (χ4v) is 9.84. The summed E-state index contributed by atoms with van der Waals surface area (Å²) in [4.78, 5) is 25.4. The van der Waals surface area contributed by atoms with Crippen molar-refractivity contribution in [2.45, 2.75) is 142 Å². The number of rotatable bonds is 16. The highest BCUT2D eigenvalue weighted by Crippen LogP contribution is 2.70. The molecule has 196 valence electrons. The number of fused-ring (bicyclic) bond motifs is 1. The van der Waals surface area contributed by atoms with Crippen LogP contribution in [0.5, 0.6) is 0 Å². The molecule has 0 aromatic rings. The summed E-state index contributed by atoms with van der Waals surface area (Å²) in [5, 5.41) is 0. The Labute approximate surface area is 208 Å². The molecule has 6 heteroatoms. The Morgan fingerprint density at radius 1 is 0.853 bits per heavy atom. The summed E-state index contributed by atoms with van der Waals surface area (Å²) in [6, 6.07) is -0.233. The van der Waals surface area contributed by atoms with Crippen LogP contribution < -0.4 is 0 Å². The van der Waals surface area contributed by atoms with Crippen LogP contribution in [-0.4, -0.2) is 36.2 Å². The van der Waals surface area contributed by atoms with E-state index in [1.54, 1.807) is 0 Å². The third kappa shape index (κ3) is 5.90. The van der Waals surface area contributed by atoms with Crippen LogP contribution in [0.1, 0.15) is 136 Å². The summed E-state index contributed by atoms with van der Waals surface area (Å²) in [5.41, 5.74) is -0.372. The predicted octanol–water partition coefficient (Wildman–Crippen LogP) is 6.79. The average Bonchev–Trinajstić information content (AvgIpc) is 3.24. The first kappa shape index (κ1) is 27.7. The van der Waals surface area contributed by atoms with Crippen molar-refractivity contribution in [2.75, 3.05) is 5.75 Å². The van der Waals surface area contributed by atoms with E-state index in [2.05, 4.69) is 20.8 Å². The number of unbranched alkanes of at least 4 members (excludes halogenated alkanes) is 12. The number of hydrogen-bond acceptors (Lipinski definition) is 4. The molecule has 5 nitrogen and oxygen atoms in total. The zero-order chi connectivity index (χ0) is 24.8. The van der Waals surface area contributed by atoms with Crippen LogP contribution in [0.25, 0.3) is 0 Å². The van der Waals surface area contributed by atoms with Gasteiger partial charge in [0.25, 0.3) is 0 Å². The molecule has 0 radical (unpaired) electrons. The van der Waals surface area contributed by atoms with Gasteiger partial charge in [0.05, 0.1) is 18.2 Å². The topological polar surface area (TPSA) is 71.5 Å². The summed E-state index contributed by atoms with van der Waals surface area (Å²) < 4.78 is 27.0. The molecule has 1 spiro atoms. The highest BCUT2D eigenvalue weighted by molar-refractivity contribution is 7.90. The van der Waals surface area contributed by atoms with Crippen LogP contribution in [0.4, 0.5) is 0 Å². The molecule has 3 atom stereocenters. The minimum atomic E-state index is -3.62. The van der Waals surface area contributed by atoms with Gasteiger partial charge < -0.3 is 0 Å². The van der Waals surface area contributed by atoms with Crippen molar-refractivity contribution >= 4 is 21.7 Å². The quantitative estimate of drug-likeness (QED) is 0.174. The molecular weight excluding hydrogens is 446 g/mol. The van der Waals surface area contributed by atoms with E-state index in [-0.39, 0.29) is 34.8 Å². The molecule has 2 unspecified atom stereocenters. The highest BCUT2D eigenvalue weighted by atomic mass is 32.2. The second-order valence-electron chi connectivity index (χ2n) is 12.0. The van der Waals surface area contributed by atoms with Gasteiger partial charge in [-0.25, -0.2) is 12.7 Å². The van der Waals surface area contributed by atoms with E-state index in [0.717, 1.165) is 42.8 Å². The molecule has 3 rings (SSSR count). The van der Waals surface area contributed by atoms with Crippen LogP contribution in [0, 0.1) is 16.7 Å². The Balaban J connectivity index is 1.29. The van der Waals surface area contributed by atoms with Crippen molar-refractivity contribution in [2.24, 2.45) is 16.7 Å². The number of amides is 1. The lowest BCUT2D eigenvalue weighted by Crippen LogP contribution is -2.44. The zero-order valence-corrected chi connectivity index (χ0v) is 22.9. The maximum absolute atomic E-state index is 13.0. The number of carbonyl (C=O) groups is 2. The fourth-order valence-electron chi connectivity index (χ4n) is 7.29. The SMILES string of the molecule is CCCCCCCCCCCCCCCC(=O)CC(=O)N1[C@@H]2CC3CCC2(CS1(=O)=O)C3(C)C. The molecule has 3 fully saturated rings. The Kier molecular flexibility index (Phi) is 9.67. The summed E-state index contributed by atoms with van der Waals surface area (Å²) in [7, 11) is -3.62. The molecule has 0 aromatic carbocycles.